The summed E-state index contributed by atoms with van der Waals surface area (Å²) in [7, 11) is 1.50. The molecule has 210 valence electrons. The number of fused-ring (bicyclic) bond motifs is 4. The molecule has 40 heavy (non-hydrogen) atoms. The van der Waals surface area contributed by atoms with Gasteiger partial charge in [-0.2, -0.15) is 9.97 Å². The lowest BCUT2D eigenvalue weighted by Crippen LogP contribution is -2.51. The average molecular weight is 563 g/mol. The molecule has 0 saturated carbocycles. The number of aromatic nitrogens is 3. The molecule has 3 aliphatic heterocycles. The largest absolute Gasteiger partial charge is 0.467 e. The Labute approximate surface area is 239 Å². The molecule has 0 amide bonds. The highest BCUT2D eigenvalue weighted by molar-refractivity contribution is 6.36. The molecule has 3 fully saturated rings. The van der Waals surface area contributed by atoms with Gasteiger partial charge in [-0.15, -0.1) is 0 Å². The molecule has 2 aromatic carbocycles. The Morgan fingerprint density at radius 1 is 1.02 bits per heavy atom. The summed E-state index contributed by atoms with van der Waals surface area (Å²) >= 11 is 6.48. The van der Waals surface area contributed by atoms with Crippen molar-refractivity contribution in [2.75, 3.05) is 38.2 Å². The van der Waals surface area contributed by atoms with Crippen LogP contribution in [0.3, 0.4) is 0 Å². The Hall–Kier alpha value is -3.07. The number of halogens is 2. The van der Waals surface area contributed by atoms with E-state index in [0.29, 0.717) is 33.9 Å². The smallest absolute Gasteiger partial charge is 0.318 e. The van der Waals surface area contributed by atoms with E-state index >= 15 is 4.39 Å². The van der Waals surface area contributed by atoms with E-state index in [1.165, 1.54) is 33.0 Å². The van der Waals surface area contributed by atoms with Gasteiger partial charge in [0.2, 0.25) is 0 Å². The maximum atomic E-state index is 16.0. The molecular weight excluding hydrogens is 527 g/mol. The van der Waals surface area contributed by atoms with Gasteiger partial charge in [-0.25, -0.2) is 4.39 Å². The van der Waals surface area contributed by atoms with Crippen molar-refractivity contribution < 1.29 is 9.13 Å². The van der Waals surface area contributed by atoms with Gasteiger partial charge >= 0.3 is 6.01 Å². The van der Waals surface area contributed by atoms with Crippen LogP contribution in [0.25, 0.3) is 32.9 Å². The molecule has 2 atom stereocenters. The number of hydrogen-bond acceptors (Lipinski definition) is 7. The molecule has 0 spiro atoms. The van der Waals surface area contributed by atoms with Gasteiger partial charge in [0.05, 0.1) is 12.5 Å². The van der Waals surface area contributed by atoms with E-state index in [0.717, 1.165) is 42.7 Å². The van der Waals surface area contributed by atoms with Crippen LogP contribution in [0.5, 0.6) is 6.01 Å². The lowest BCUT2D eigenvalue weighted by Gasteiger charge is -2.34. The standard InChI is InChI=1S/C24H21ClFN5O.C7H15N/c1-32-24-29-22-17(23(30-24)31-11-14-8-9-15(12-31)28-14)10-27-21(20(22)26)16-6-2-4-13-5-3-7-18(25)19(13)16;1-7(2)8-5-3-4-6-8/h2-7,10,14-15,28H,8-9,11-12H2,1H3;7H,3-6H2,1-2H3. The van der Waals surface area contributed by atoms with Crippen LogP contribution >= 0.6 is 11.6 Å². The molecule has 0 radical (unpaired) electrons. The maximum absolute atomic E-state index is 16.0. The zero-order chi connectivity index (χ0) is 27.8. The summed E-state index contributed by atoms with van der Waals surface area (Å²) in [6, 6.07) is 13.0. The van der Waals surface area contributed by atoms with E-state index in [2.05, 4.69) is 43.9 Å². The highest BCUT2D eigenvalue weighted by Gasteiger charge is 2.34. The Balaban J connectivity index is 0.000000313. The lowest BCUT2D eigenvalue weighted by atomic mass is 10.0. The van der Waals surface area contributed by atoms with Crippen LogP contribution in [0.15, 0.2) is 42.6 Å². The van der Waals surface area contributed by atoms with Gasteiger partial charge in [0.15, 0.2) is 5.82 Å². The number of likely N-dealkylation sites (tertiary alicyclic amines) is 1. The molecule has 4 aromatic rings. The summed E-state index contributed by atoms with van der Waals surface area (Å²) in [5, 5.41) is 6.44. The highest BCUT2D eigenvalue weighted by atomic mass is 35.5. The minimum absolute atomic E-state index is 0.144. The highest BCUT2D eigenvalue weighted by Crippen LogP contribution is 2.37. The van der Waals surface area contributed by atoms with E-state index in [1.807, 2.05) is 30.3 Å². The lowest BCUT2D eigenvalue weighted by molar-refractivity contribution is 0.276. The predicted molar refractivity (Wildman–Crippen MR) is 160 cm³/mol. The third kappa shape index (κ3) is 5.20. The molecule has 1 N–H and O–H groups in total. The van der Waals surface area contributed by atoms with Crippen molar-refractivity contribution in [2.24, 2.45) is 0 Å². The first kappa shape index (κ1) is 27.1. The van der Waals surface area contributed by atoms with Gasteiger partial charge < -0.3 is 19.9 Å². The number of nitrogens with one attached hydrogen (secondary N) is 1. The summed E-state index contributed by atoms with van der Waals surface area (Å²) < 4.78 is 21.3. The fourth-order valence-corrected chi connectivity index (χ4v) is 6.55. The predicted octanol–water partition coefficient (Wildman–Crippen LogP) is 6.08. The Kier molecular flexibility index (Phi) is 7.75. The van der Waals surface area contributed by atoms with Crippen molar-refractivity contribution in [3.8, 4) is 17.3 Å². The molecule has 2 bridgehead atoms. The molecule has 3 saturated heterocycles. The number of hydrogen-bond donors (Lipinski definition) is 1. The number of piperazine rings is 1. The minimum Gasteiger partial charge on any atom is -0.467 e. The number of pyridine rings is 1. The maximum Gasteiger partial charge on any atom is 0.318 e. The van der Waals surface area contributed by atoms with Crippen molar-refractivity contribution in [1.82, 2.24) is 25.2 Å². The van der Waals surface area contributed by atoms with Crippen LogP contribution in [0.4, 0.5) is 10.2 Å². The Bertz CT molecular complexity index is 1510. The van der Waals surface area contributed by atoms with E-state index < -0.39 is 5.82 Å². The first-order valence-electron chi connectivity index (χ1n) is 14.3. The third-order valence-corrected chi connectivity index (χ3v) is 8.64. The second-order valence-electron chi connectivity index (χ2n) is 11.2. The third-order valence-electron chi connectivity index (χ3n) is 8.32. The van der Waals surface area contributed by atoms with Crippen molar-refractivity contribution in [3.63, 3.8) is 0 Å². The van der Waals surface area contributed by atoms with Gasteiger partial charge in [0.25, 0.3) is 0 Å². The summed E-state index contributed by atoms with van der Waals surface area (Å²) in [6.07, 6.45) is 6.78. The molecule has 3 aliphatic rings. The number of anilines is 1. The second kappa shape index (κ2) is 11.4. The van der Waals surface area contributed by atoms with Crippen LogP contribution in [0.2, 0.25) is 5.02 Å². The van der Waals surface area contributed by atoms with Crippen molar-refractivity contribution >= 4 is 39.1 Å². The Morgan fingerprint density at radius 3 is 2.38 bits per heavy atom. The first-order valence-corrected chi connectivity index (χ1v) is 14.6. The van der Waals surface area contributed by atoms with E-state index in [1.54, 1.807) is 12.3 Å². The minimum atomic E-state index is -0.505. The zero-order valence-electron chi connectivity index (χ0n) is 23.3. The Morgan fingerprint density at radius 2 is 1.73 bits per heavy atom. The van der Waals surface area contributed by atoms with Gasteiger partial charge in [0, 0.05) is 53.4 Å². The van der Waals surface area contributed by atoms with E-state index in [4.69, 9.17) is 16.3 Å². The monoisotopic (exact) mass is 562 g/mol. The molecule has 7 rings (SSSR count). The molecule has 0 aliphatic carbocycles. The number of ether oxygens (including phenoxy) is 1. The summed E-state index contributed by atoms with van der Waals surface area (Å²) in [6.45, 7) is 8.83. The molecule has 7 nitrogen and oxygen atoms in total. The van der Waals surface area contributed by atoms with Crippen LogP contribution in [0.1, 0.15) is 39.5 Å². The van der Waals surface area contributed by atoms with Crippen molar-refractivity contribution in [3.05, 3.63) is 53.4 Å². The summed E-state index contributed by atoms with van der Waals surface area (Å²) in [4.78, 5) is 18.2. The van der Waals surface area contributed by atoms with Crippen LogP contribution in [-0.2, 0) is 0 Å². The topological polar surface area (TPSA) is 66.4 Å². The second-order valence-corrected chi connectivity index (χ2v) is 11.6. The number of nitrogens with zero attached hydrogens (tertiary/aromatic N) is 5. The van der Waals surface area contributed by atoms with Crippen LogP contribution < -0.4 is 15.0 Å². The van der Waals surface area contributed by atoms with Crippen LogP contribution in [-0.4, -0.2) is 71.3 Å². The normalized spacial score (nSPS) is 20.8. The van der Waals surface area contributed by atoms with E-state index in [-0.39, 0.29) is 17.2 Å². The number of benzene rings is 2. The molecule has 2 aromatic heterocycles. The molecule has 9 heteroatoms. The summed E-state index contributed by atoms with van der Waals surface area (Å²) in [5.74, 6) is 0.161. The SMILES string of the molecule is CC(C)N1CCCC1.COc1nc(N2CC3CCC(C2)N3)c2cnc(-c3cccc4cccc(Cl)c34)c(F)c2n1. The fourth-order valence-electron chi connectivity index (χ4n) is 6.26. The van der Waals surface area contributed by atoms with Crippen molar-refractivity contribution in [1.29, 1.82) is 0 Å². The number of methoxy groups -OCH3 is 1. The fraction of sp³-hybridized carbons (Fsp3) is 0.452. The van der Waals surface area contributed by atoms with Crippen LogP contribution in [0, 0.1) is 5.82 Å². The average Bonchev–Trinajstić information content (AvgIpc) is 3.63. The number of rotatable bonds is 4. The summed E-state index contributed by atoms with van der Waals surface area (Å²) in [5.41, 5.74) is 1.04. The zero-order valence-corrected chi connectivity index (χ0v) is 24.1. The molecular formula is C31H36ClFN6O. The first-order chi connectivity index (χ1) is 19.4. The van der Waals surface area contributed by atoms with Gasteiger partial charge in [-0.1, -0.05) is 41.9 Å². The molecule has 5 heterocycles. The van der Waals surface area contributed by atoms with E-state index in [9.17, 15) is 0 Å². The quantitative estimate of drug-likeness (QED) is 0.323. The van der Waals surface area contributed by atoms with Gasteiger partial charge in [-0.05, 0) is 64.1 Å². The van der Waals surface area contributed by atoms with Crippen molar-refractivity contribution in [2.45, 2.75) is 57.7 Å². The van der Waals surface area contributed by atoms with Gasteiger partial charge in [-0.3, -0.25) is 4.98 Å². The van der Waals surface area contributed by atoms with Gasteiger partial charge in [0.1, 0.15) is 17.0 Å². The molecule has 2 unspecified atom stereocenters.